The minimum Gasteiger partial charge on any atom is -0.748 e. The number of nitrogens with one attached hydrogen (secondary N) is 2. The van der Waals surface area contributed by atoms with Gasteiger partial charge in [0.25, 0.3) is 0 Å². The van der Waals surface area contributed by atoms with E-state index < -0.39 is 27.7 Å². The first-order valence-electron chi connectivity index (χ1n) is 19.6. The van der Waals surface area contributed by atoms with Crippen LogP contribution in [0, 0.1) is 42.4 Å². The molecule has 2 heterocycles. The summed E-state index contributed by atoms with van der Waals surface area (Å²) in [7, 11) is -4.28. The van der Waals surface area contributed by atoms with Crippen molar-refractivity contribution < 1.29 is 61.3 Å². The first-order chi connectivity index (χ1) is 25.8. The number of allylic oxidation sites excluding steroid dienone is 1. The van der Waals surface area contributed by atoms with Crippen molar-refractivity contribution in [3.63, 3.8) is 0 Å². The average molecular weight is 870 g/mol. The van der Waals surface area contributed by atoms with Crippen LogP contribution in [0.25, 0.3) is 6.08 Å². The molecule has 0 aromatic carbocycles. The Balaban J connectivity index is 0.00000841. The summed E-state index contributed by atoms with van der Waals surface area (Å²) in [4.78, 5) is 60.3. The van der Waals surface area contributed by atoms with Crippen molar-refractivity contribution in [2.75, 3.05) is 22.6 Å². The maximum atomic E-state index is 14.2. The summed E-state index contributed by atoms with van der Waals surface area (Å²) in [5.41, 5.74) is 3.07. The second-order valence-corrected chi connectivity index (χ2v) is 19.0. The van der Waals surface area contributed by atoms with Crippen LogP contribution in [0.15, 0.2) is 21.8 Å². The molecule has 16 heteroatoms. The summed E-state index contributed by atoms with van der Waals surface area (Å²) in [5, 5.41) is 5.56. The molecule has 2 N–H and O–H groups in total. The minimum absolute atomic E-state index is 0. The molecule has 1 aromatic rings. The van der Waals surface area contributed by atoms with Gasteiger partial charge in [0.1, 0.15) is 30.0 Å². The van der Waals surface area contributed by atoms with Gasteiger partial charge in [0.05, 0.1) is 21.9 Å². The number of carbonyl (C=O) groups excluding carboxylic acids is 3. The Morgan fingerprint density at radius 1 is 0.893 bits per heavy atom. The van der Waals surface area contributed by atoms with Crippen LogP contribution in [0.5, 0.6) is 0 Å². The topological polar surface area (TPSA) is 187 Å². The van der Waals surface area contributed by atoms with E-state index in [1.54, 1.807) is 6.08 Å². The molecule has 0 bridgehead atoms. The largest absolute Gasteiger partial charge is 0.748 e. The zero-order valence-corrected chi connectivity index (χ0v) is 39.2. The number of rotatable bonds is 16. The van der Waals surface area contributed by atoms with Gasteiger partial charge in [-0.2, -0.15) is 11.8 Å². The molecule has 0 saturated heterocycles. The number of amides is 2. The number of hydrogen-bond donors (Lipinski definition) is 2. The fraction of sp³-hybridized carbons (Fsp3) is 0.700. The molecule has 0 radical (unpaired) electrons. The summed E-state index contributed by atoms with van der Waals surface area (Å²) < 4.78 is 39.3. The first kappa shape index (κ1) is 48.0. The van der Waals surface area contributed by atoms with E-state index in [1.165, 1.54) is 25.6 Å². The molecule has 1 aromatic heterocycles. The maximum Gasteiger partial charge on any atom is 0.342 e. The van der Waals surface area contributed by atoms with Crippen LogP contribution in [0.1, 0.15) is 117 Å². The summed E-state index contributed by atoms with van der Waals surface area (Å²) in [6.07, 6.45) is 6.59. The fourth-order valence-electron chi connectivity index (χ4n) is 8.64. The molecule has 2 amide bonds. The first-order valence-corrected chi connectivity index (χ1v) is 22.3. The fourth-order valence-corrected chi connectivity index (χ4v) is 10.2. The van der Waals surface area contributed by atoms with Crippen molar-refractivity contribution in [1.82, 2.24) is 10.3 Å². The van der Waals surface area contributed by atoms with E-state index in [0.29, 0.717) is 76.4 Å². The van der Waals surface area contributed by atoms with Crippen molar-refractivity contribution >= 4 is 57.4 Å². The Morgan fingerprint density at radius 2 is 1.45 bits per heavy atom. The summed E-state index contributed by atoms with van der Waals surface area (Å²) in [6, 6.07) is 0. The van der Waals surface area contributed by atoms with Crippen molar-refractivity contribution in [3.8, 4) is 0 Å². The van der Waals surface area contributed by atoms with Crippen molar-refractivity contribution in [2.24, 2.45) is 40.5 Å². The molecule has 3 aliphatic rings. The van der Waals surface area contributed by atoms with Crippen LogP contribution in [-0.4, -0.2) is 66.1 Å². The van der Waals surface area contributed by atoms with Crippen molar-refractivity contribution in [1.29, 1.82) is 0 Å². The molecule has 2 fully saturated rings. The zero-order valence-electron chi connectivity index (χ0n) is 34.6. The number of amidine groups is 1. The van der Waals surface area contributed by atoms with Crippen LogP contribution >= 0.6 is 11.8 Å². The van der Waals surface area contributed by atoms with Gasteiger partial charge in [-0.25, -0.2) is 28.0 Å². The van der Waals surface area contributed by atoms with E-state index in [1.807, 2.05) is 6.92 Å². The second-order valence-electron chi connectivity index (χ2n) is 16.2. The van der Waals surface area contributed by atoms with Crippen LogP contribution < -0.4 is 15.6 Å². The average Bonchev–Trinajstić information content (AvgIpc) is 3.53. The number of hydrogen-bond acceptors (Lipinski definition) is 11. The van der Waals surface area contributed by atoms with Gasteiger partial charge in [-0.15, -0.1) is 0 Å². The number of ether oxygens (including phenoxy) is 1. The number of anilines is 1. The normalized spacial score (nSPS) is 27.5. The molecule has 2 aliphatic carbocycles. The Bertz CT molecular complexity index is 1730. The Labute approximate surface area is 350 Å². The van der Waals surface area contributed by atoms with Gasteiger partial charge in [-0.3, -0.25) is 9.59 Å². The maximum absolute atomic E-state index is 14.2. The molecule has 4 unspecified atom stereocenters. The van der Waals surface area contributed by atoms with E-state index in [9.17, 15) is 27.4 Å². The van der Waals surface area contributed by atoms with E-state index in [4.69, 9.17) is 24.5 Å². The second kappa shape index (κ2) is 21.6. The summed E-state index contributed by atoms with van der Waals surface area (Å²) >= 11 is 1.52. The monoisotopic (exact) mass is 868 g/mol. The van der Waals surface area contributed by atoms with Crippen LogP contribution in [-0.2, 0) is 65.1 Å². The van der Waals surface area contributed by atoms with Gasteiger partial charge >= 0.3 is 5.97 Å². The third kappa shape index (κ3) is 13.6. The van der Waals surface area contributed by atoms with E-state index in [0.717, 1.165) is 31.2 Å². The zero-order chi connectivity index (χ0) is 40.6. The van der Waals surface area contributed by atoms with E-state index in [-0.39, 0.29) is 73.9 Å². The van der Waals surface area contributed by atoms with Gasteiger partial charge < -0.3 is 24.9 Å². The SMILES string of the molecule is CC(=O)NC1=N/C(=C\c2[n-]c(NC(C)=O)c(COOC3C(C)CC(C)CC3C)c2C)C(CCCSCCCS(=O)(=O)[O-])=C1C(=O)OC1C(C)CC(C)CC1C.[Zn]. The molecule has 4 atom stereocenters. The van der Waals surface area contributed by atoms with Crippen LogP contribution in [0.3, 0.4) is 0 Å². The predicted octanol–water partition coefficient (Wildman–Crippen LogP) is 6.68. The van der Waals surface area contributed by atoms with Crippen molar-refractivity contribution in [3.05, 3.63) is 33.7 Å². The number of nitrogens with zero attached hydrogens (tertiary/aromatic N) is 2. The molecule has 1 aliphatic heterocycles. The number of aromatic nitrogens is 1. The third-order valence-electron chi connectivity index (χ3n) is 10.9. The summed E-state index contributed by atoms with van der Waals surface area (Å²) in [6.45, 7) is 17.7. The molecular weight excluding hydrogens is 810 g/mol. The Hall–Kier alpha value is -2.36. The van der Waals surface area contributed by atoms with Gasteiger partial charge in [-0.05, 0) is 134 Å². The standard InChI is InChI=1S/C40H62N4O9S2.Zn/c1-22-16-24(3)36(25(4)17-22)52-40(47)35-31(12-10-13-54-14-11-15-55(48,49)50)34(44-39(35)42-30(9)46)20-33-28(7)32(38(43-33)41-29(8)45)21-51-53-37-26(5)18-23(2)19-27(37)6;/h20,22-27,36-37H,10-19,21H2,1-9H3,(H4,41,42,43,44,45,46,47,48,49,50);/p-2. The molecule has 56 heavy (non-hydrogen) atoms. The van der Waals surface area contributed by atoms with Gasteiger partial charge in [-0.1, -0.05) is 47.4 Å². The van der Waals surface area contributed by atoms with Crippen molar-refractivity contribution in [2.45, 2.75) is 126 Å². The van der Waals surface area contributed by atoms with Gasteiger partial charge in [0.15, 0.2) is 0 Å². The number of thioether (sulfide) groups is 1. The van der Waals surface area contributed by atoms with E-state index in [2.05, 4.69) is 52.2 Å². The number of esters is 1. The Kier molecular flexibility index (Phi) is 18.5. The van der Waals surface area contributed by atoms with Crippen LogP contribution in [0.4, 0.5) is 5.82 Å². The molecule has 0 spiro atoms. The smallest absolute Gasteiger partial charge is 0.342 e. The third-order valence-corrected chi connectivity index (χ3v) is 12.8. The van der Waals surface area contributed by atoms with Gasteiger partial charge in [0.2, 0.25) is 5.91 Å². The molecule has 4 rings (SSSR count). The number of carbonyl (C=O) groups is 3. The molecule has 2 saturated carbocycles. The minimum atomic E-state index is -4.28. The number of aliphatic imine (C=N–C) groups is 1. The quantitative estimate of drug-likeness (QED) is 0.0451. The predicted molar refractivity (Wildman–Crippen MR) is 214 cm³/mol. The van der Waals surface area contributed by atoms with E-state index >= 15 is 0 Å². The van der Waals surface area contributed by atoms with Gasteiger partial charge in [0, 0.05) is 32.2 Å². The van der Waals surface area contributed by atoms with Crippen LogP contribution in [0.2, 0.25) is 0 Å². The summed E-state index contributed by atoms with van der Waals surface area (Å²) in [5.74, 6) is 2.00. The molecular formula is C40H60N4O9S2Zn-2. The molecule has 310 valence electrons. The molecule has 13 nitrogen and oxygen atoms in total. The Morgan fingerprint density at radius 3 is 2.00 bits per heavy atom.